The van der Waals surface area contributed by atoms with Crippen molar-refractivity contribution in [3.63, 3.8) is 0 Å². The van der Waals surface area contributed by atoms with Crippen molar-refractivity contribution in [2.24, 2.45) is 0 Å². The van der Waals surface area contributed by atoms with E-state index in [0.29, 0.717) is 43.0 Å². The number of ether oxygens (including phenoxy) is 3. The van der Waals surface area contributed by atoms with Crippen LogP contribution in [0.25, 0.3) is 11.4 Å². The summed E-state index contributed by atoms with van der Waals surface area (Å²) in [6.07, 6.45) is 3.38. The predicted molar refractivity (Wildman–Crippen MR) is 139 cm³/mol. The van der Waals surface area contributed by atoms with Crippen LogP contribution >= 0.6 is 0 Å². The molecule has 2 aromatic carbocycles. The molecule has 0 bridgehead atoms. The number of piperidine rings is 1. The van der Waals surface area contributed by atoms with Gasteiger partial charge in [0.15, 0.2) is 11.5 Å². The molecule has 10 heteroatoms. The molecule has 1 aliphatic heterocycles. The van der Waals surface area contributed by atoms with Crippen LogP contribution in [0.3, 0.4) is 0 Å². The summed E-state index contributed by atoms with van der Waals surface area (Å²) in [4.78, 5) is 29.4. The lowest BCUT2D eigenvalue weighted by molar-refractivity contribution is -0.119. The van der Waals surface area contributed by atoms with Crippen LogP contribution in [0.2, 0.25) is 0 Å². The molecule has 0 N–H and O–H groups in total. The molecular weight excluding hydrogens is 476 g/mol. The highest BCUT2D eigenvalue weighted by molar-refractivity contribution is 5.74. The first kappa shape index (κ1) is 27.7. The molecule has 1 aliphatic rings. The van der Waals surface area contributed by atoms with Gasteiger partial charge in [0, 0.05) is 43.9 Å². The molecule has 0 unspecified atom stereocenters. The Bertz CT molecular complexity index is 1100. The molecule has 4 rings (SSSR count). The Morgan fingerprint density at radius 2 is 1.84 bits per heavy atom. The van der Waals surface area contributed by atoms with Crippen molar-refractivity contribution in [1.29, 1.82) is 0 Å². The van der Waals surface area contributed by atoms with Gasteiger partial charge in [0.2, 0.25) is 24.5 Å². The minimum atomic E-state index is 0.201. The molecule has 2 heterocycles. The molecule has 10 nitrogen and oxygen atoms in total. The summed E-state index contributed by atoms with van der Waals surface area (Å²) in [5, 5.41) is 4.09. The third kappa shape index (κ3) is 7.78. The molecule has 1 saturated heterocycles. The molecule has 0 radical (unpaired) electrons. The minimum absolute atomic E-state index is 0.201. The quantitative estimate of drug-likeness (QED) is 0.359. The van der Waals surface area contributed by atoms with Crippen molar-refractivity contribution >= 4 is 18.5 Å². The fourth-order valence-electron chi connectivity index (χ4n) is 3.90. The normalized spacial score (nSPS) is 13.3. The van der Waals surface area contributed by atoms with Gasteiger partial charge in [-0.15, -0.1) is 0 Å². The molecule has 198 valence electrons. The molecule has 37 heavy (non-hydrogen) atoms. The summed E-state index contributed by atoms with van der Waals surface area (Å²) in [5.74, 6) is 2.69. The number of carbonyl (C=O) groups is 2. The molecule has 0 spiro atoms. The fraction of sp³-hybridized carbons (Fsp3) is 0.407. The molecule has 3 aromatic rings. The molecular formula is C27H34N4O6. The van der Waals surface area contributed by atoms with Crippen LogP contribution in [0.4, 0.5) is 5.69 Å². The number of methoxy groups -OCH3 is 2. The van der Waals surface area contributed by atoms with Gasteiger partial charge in [0.25, 0.3) is 0 Å². The highest BCUT2D eigenvalue weighted by atomic mass is 16.5. The summed E-state index contributed by atoms with van der Waals surface area (Å²) in [6.45, 7) is 5.08. The van der Waals surface area contributed by atoms with Gasteiger partial charge in [-0.05, 0) is 50.1 Å². The van der Waals surface area contributed by atoms with Crippen molar-refractivity contribution in [1.82, 2.24) is 15.0 Å². The van der Waals surface area contributed by atoms with E-state index in [1.54, 1.807) is 24.0 Å². The number of amides is 2. The van der Waals surface area contributed by atoms with Crippen molar-refractivity contribution < 1.29 is 28.3 Å². The van der Waals surface area contributed by atoms with Gasteiger partial charge >= 0.3 is 0 Å². The number of para-hydroxylation sites is 1. The average molecular weight is 511 g/mol. The van der Waals surface area contributed by atoms with Gasteiger partial charge in [0.05, 0.1) is 20.3 Å². The number of nitrogens with zero attached hydrogens (tertiary/aromatic N) is 4. The number of likely N-dealkylation sites (tertiary alicyclic amines) is 1. The SMILES string of the molecule is CCOc1ccc(-c2noc(C3CCN(C=O)CC3)n2)cc1OC.COCCN(C=O)c1ccccc1. The van der Waals surface area contributed by atoms with Crippen LogP contribution in [0.1, 0.15) is 31.6 Å². The van der Waals surface area contributed by atoms with Gasteiger partial charge in [-0.3, -0.25) is 9.59 Å². The first-order chi connectivity index (χ1) is 18.1. The number of carbonyl (C=O) groups excluding carboxylic acids is 2. The lowest BCUT2D eigenvalue weighted by atomic mass is 9.97. The van der Waals surface area contributed by atoms with E-state index in [-0.39, 0.29) is 5.92 Å². The summed E-state index contributed by atoms with van der Waals surface area (Å²) in [7, 11) is 3.22. The van der Waals surface area contributed by atoms with Crippen LogP contribution in [-0.4, -0.2) is 74.9 Å². The second kappa shape index (κ2) is 14.6. The second-order valence-electron chi connectivity index (χ2n) is 8.30. The van der Waals surface area contributed by atoms with Crippen molar-refractivity contribution in [3.8, 4) is 22.9 Å². The monoisotopic (exact) mass is 510 g/mol. The zero-order valence-electron chi connectivity index (χ0n) is 21.5. The van der Waals surface area contributed by atoms with Gasteiger partial charge in [-0.2, -0.15) is 4.98 Å². The van der Waals surface area contributed by atoms with Crippen LogP contribution < -0.4 is 14.4 Å². The van der Waals surface area contributed by atoms with Crippen molar-refractivity contribution in [2.45, 2.75) is 25.7 Å². The highest BCUT2D eigenvalue weighted by Crippen LogP contribution is 2.33. The van der Waals surface area contributed by atoms with E-state index >= 15 is 0 Å². The molecule has 0 saturated carbocycles. The first-order valence-electron chi connectivity index (χ1n) is 12.2. The predicted octanol–water partition coefficient (Wildman–Crippen LogP) is 3.78. The fourth-order valence-corrected chi connectivity index (χ4v) is 3.90. The van der Waals surface area contributed by atoms with E-state index in [2.05, 4.69) is 10.1 Å². The standard InChI is InChI=1S/C17H21N3O4.C10H13NO2/c1-3-23-14-5-4-13(10-15(14)22-2)16-18-17(24-19-16)12-6-8-20(11-21)9-7-12;1-13-8-7-11(9-12)10-5-3-2-4-6-10/h4-5,10-12H,3,6-9H2,1-2H3;2-6,9H,7-8H2,1H3. The van der Waals surface area contributed by atoms with Crippen molar-refractivity contribution in [3.05, 3.63) is 54.4 Å². The maximum absolute atomic E-state index is 10.8. The maximum atomic E-state index is 10.8. The average Bonchev–Trinajstić information content (AvgIpc) is 3.45. The Morgan fingerprint density at radius 3 is 2.46 bits per heavy atom. The van der Waals surface area contributed by atoms with Crippen LogP contribution in [0, 0.1) is 0 Å². The lowest BCUT2D eigenvalue weighted by Gasteiger charge is -2.26. The zero-order chi connectivity index (χ0) is 26.5. The number of rotatable bonds is 11. The molecule has 0 atom stereocenters. The first-order valence-corrected chi connectivity index (χ1v) is 12.2. The van der Waals surface area contributed by atoms with E-state index in [1.807, 2.05) is 55.5 Å². The van der Waals surface area contributed by atoms with E-state index < -0.39 is 0 Å². The lowest BCUT2D eigenvalue weighted by Crippen LogP contribution is -2.31. The highest BCUT2D eigenvalue weighted by Gasteiger charge is 2.25. The van der Waals surface area contributed by atoms with E-state index in [9.17, 15) is 9.59 Å². The Morgan fingerprint density at radius 1 is 1.08 bits per heavy atom. The Labute approximate surface area is 217 Å². The van der Waals surface area contributed by atoms with Gasteiger partial charge < -0.3 is 28.5 Å². The maximum Gasteiger partial charge on any atom is 0.230 e. The van der Waals surface area contributed by atoms with E-state index in [1.165, 1.54) is 0 Å². The summed E-state index contributed by atoms with van der Waals surface area (Å²) < 4.78 is 21.2. The largest absolute Gasteiger partial charge is 0.493 e. The topological polar surface area (TPSA) is 107 Å². The van der Waals surface area contributed by atoms with Crippen LogP contribution in [0.5, 0.6) is 11.5 Å². The summed E-state index contributed by atoms with van der Waals surface area (Å²) in [5.41, 5.74) is 1.71. The number of aromatic nitrogens is 2. The Hall–Kier alpha value is -3.92. The second-order valence-corrected chi connectivity index (χ2v) is 8.30. The Balaban J connectivity index is 0.000000248. The third-order valence-electron chi connectivity index (χ3n) is 5.94. The van der Waals surface area contributed by atoms with E-state index in [0.717, 1.165) is 50.0 Å². The zero-order valence-corrected chi connectivity index (χ0v) is 21.5. The molecule has 1 aromatic heterocycles. The minimum Gasteiger partial charge on any atom is -0.493 e. The number of benzene rings is 2. The van der Waals surface area contributed by atoms with Gasteiger partial charge in [-0.1, -0.05) is 23.4 Å². The van der Waals surface area contributed by atoms with Crippen LogP contribution in [-0.2, 0) is 14.3 Å². The molecule has 2 amide bonds. The molecule has 1 fully saturated rings. The summed E-state index contributed by atoms with van der Waals surface area (Å²) in [6, 6.07) is 15.1. The Kier molecular flexibility index (Phi) is 10.9. The smallest absolute Gasteiger partial charge is 0.230 e. The number of anilines is 1. The van der Waals surface area contributed by atoms with Gasteiger partial charge in [-0.25, -0.2) is 0 Å². The van der Waals surface area contributed by atoms with Gasteiger partial charge in [0.1, 0.15) is 0 Å². The third-order valence-corrected chi connectivity index (χ3v) is 5.94. The number of hydrogen-bond acceptors (Lipinski definition) is 8. The summed E-state index contributed by atoms with van der Waals surface area (Å²) >= 11 is 0. The molecule has 0 aliphatic carbocycles. The van der Waals surface area contributed by atoms with Crippen molar-refractivity contribution in [2.75, 3.05) is 52.0 Å². The van der Waals surface area contributed by atoms with Crippen LogP contribution in [0.15, 0.2) is 53.1 Å². The van der Waals surface area contributed by atoms with E-state index in [4.69, 9.17) is 18.7 Å². The number of hydrogen-bond donors (Lipinski definition) is 0.